The third-order valence-electron chi connectivity index (χ3n) is 3.26. The summed E-state index contributed by atoms with van der Waals surface area (Å²) >= 11 is 5.83. The van der Waals surface area contributed by atoms with Gasteiger partial charge in [0.15, 0.2) is 0 Å². The van der Waals surface area contributed by atoms with E-state index in [9.17, 15) is 13.2 Å². The molecule has 0 amide bonds. The molecule has 1 aromatic carbocycles. The van der Waals surface area contributed by atoms with Crippen molar-refractivity contribution in [2.45, 2.75) is 23.8 Å². The molecule has 1 saturated heterocycles. The van der Waals surface area contributed by atoms with Crippen molar-refractivity contribution in [1.29, 1.82) is 0 Å². The van der Waals surface area contributed by atoms with Crippen LogP contribution in [0.3, 0.4) is 0 Å². The molecule has 0 saturated carbocycles. The highest BCUT2D eigenvalue weighted by atomic mass is 35.5. The van der Waals surface area contributed by atoms with E-state index < -0.39 is 16.0 Å². The number of nitrogens with one attached hydrogen (secondary N) is 2. The van der Waals surface area contributed by atoms with Crippen molar-refractivity contribution in [2.24, 2.45) is 0 Å². The quantitative estimate of drug-likeness (QED) is 0.788. The Kier molecular flexibility index (Phi) is 7.08. The number of esters is 1. The van der Waals surface area contributed by atoms with Gasteiger partial charge in [-0.05, 0) is 37.6 Å². The first-order valence-electron chi connectivity index (χ1n) is 6.55. The first-order valence-corrected chi connectivity index (χ1v) is 8.41. The highest BCUT2D eigenvalue weighted by molar-refractivity contribution is 7.89. The molecule has 2 N–H and O–H groups in total. The van der Waals surface area contributed by atoms with E-state index in [1.54, 1.807) is 0 Å². The first-order chi connectivity index (χ1) is 9.94. The van der Waals surface area contributed by atoms with E-state index in [1.807, 2.05) is 0 Å². The summed E-state index contributed by atoms with van der Waals surface area (Å²) in [6.45, 7) is 1.45. The molecule has 1 unspecified atom stereocenters. The van der Waals surface area contributed by atoms with E-state index in [-0.39, 0.29) is 33.9 Å². The first kappa shape index (κ1) is 19.2. The van der Waals surface area contributed by atoms with Gasteiger partial charge in [-0.3, -0.25) is 0 Å². The number of sulfonamides is 1. The number of benzene rings is 1. The van der Waals surface area contributed by atoms with Crippen LogP contribution in [-0.4, -0.2) is 40.6 Å². The topological polar surface area (TPSA) is 84.5 Å². The maximum absolute atomic E-state index is 12.5. The molecular weight excluding hydrogens is 351 g/mol. The zero-order valence-electron chi connectivity index (χ0n) is 12.0. The highest BCUT2D eigenvalue weighted by Gasteiger charge is 2.26. The molecule has 1 aliphatic rings. The standard InChI is InChI=1S/C13H17ClN2O4S.ClH/c1-20-13(17)11-7-9(14)4-5-12(11)21(18,19)16-10-3-2-6-15-8-10;/h4-5,7,10,15-16H,2-3,6,8H2,1H3;1H. The van der Waals surface area contributed by atoms with Crippen molar-refractivity contribution in [3.05, 3.63) is 28.8 Å². The lowest BCUT2D eigenvalue weighted by Crippen LogP contribution is -2.45. The van der Waals surface area contributed by atoms with Crippen molar-refractivity contribution < 1.29 is 17.9 Å². The van der Waals surface area contributed by atoms with Crippen molar-refractivity contribution in [3.8, 4) is 0 Å². The summed E-state index contributed by atoms with van der Waals surface area (Å²) in [4.78, 5) is 11.6. The largest absolute Gasteiger partial charge is 0.465 e. The van der Waals surface area contributed by atoms with Gasteiger partial charge in [-0.1, -0.05) is 11.6 Å². The van der Waals surface area contributed by atoms with Gasteiger partial charge in [0.1, 0.15) is 0 Å². The smallest absolute Gasteiger partial charge is 0.339 e. The Morgan fingerprint density at radius 2 is 2.18 bits per heavy atom. The fraction of sp³-hybridized carbons (Fsp3) is 0.462. The van der Waals surface area contributed by atoms with Crippen molar-refractivity contribution in [1.82, 2.24) is 10.0 Å². The molecule has 0 spiro atoms. The van der Waals surface area contributed by atoms with Gasteiger partial charge in [0, 0.05) is 17.6 Å². The summed E-state index contributed by atoms with van der Waals surface area (Å²) < 4.78 is 32.2. The number of hydrogen-bond acceptors (Lipinski definition) is 5. The number of carbonyl (C=O) groups is 1. The number of rotatable bonds is 4. The second-order valence-corrected chi connectivity index (χ2v) is 6.92. The third kappa shape index (κ3) is 4.57. The average Bonchev–Trinajstić information content (AvgIpc) is 2.46. The summed E-state index contributed by atoms with van der Waals surface area (Å²) in [5, 5.41) is 3.40. The van der Waals surface area contributed by atoms with Crippen LogP contribution in [0.5, 0.6) is 0 Å². The van der Waals surface area contributed by atoms with Crippen LogP contribution in [0.1, 0.15) is 23.2 Å². The molecule has 2 rings (SSSR count). The molecule has 0 aromatic heterocycles. The van der Waals surface area contributed by atoms with Crippen LogP contribution in [0.15, 0.2) is 23.1 Å². The summed E-state index contributed by atoms with van der Waals surface area (Å²) in [5.41, 5.74) is -0.0683. The Balaban J connectivity index is 0.00000242. The van der Waals surface area contributed by atoms with E-state index in [2.05, 4.69) is 14.8 Å². The molecule has 124 valence electrons. The summed E-state index contributed by atoms with van der Waals surface area (Å²) in [7, 11) is -2.62. The van der Waals surface area contributed by atoms with Gasteiger partial charge < -0.3 is 10.1 Å². The summed E-state index contributed by atoms with van der Waals surface area (Å²) in [5.74, 6) is -0.736. The molecule has 0 bridgehead atoms. The molecule has 6 nitrogen and oxygen atoms in total. The van der Waals surface area contributed by atoms with Crippen molar-refractivity contribution >= 4 is 40.0 Å². The molecule has 1 fully saturated rings. The SMILES string of the molecule is COC(=O)c1cc(Cl)ccc1S(=O)(=O)NC1CCCNC1.Cl. The fourth-order valence-corrected chi connectivity index (χ4v) is 3.86. The van der Waals surface area contributed by atoms with Crippen LogP contribution in [0.4, 0.5) is 0 Å². The number of ether oxygens (including phenoxy) is 1. The minimum absolute atomic E-state index is 0. The lowest BCUT2D eigenvalue weighted by atomic mass is 10.1. The minimum Gasteiger partial charge on any atom is -0.465 e. The molecule has 22 heavy (non-hydrogen) atoms. The second kappa shape index (κ2) is 8.12. The summed E-state index contributed by atoms with van der Waals surface area (Å²) in [6.07, 6.45) is 1.66. The lowest BCUT2D eigenvalue weighted by molar-refractivity contribution is 0.0596. The molecule has 9 heteroatoms. The number of halogens is 2. The molecule has 1 aliphatic heterocycles. The Morgan fingerprint density at radius 1 is 1.45 bits per heavy atom. The number of methoxy groups -OCH3 is 1. The zero-order chi connectivity index (χ0) is 15.5. The minimum atomic E-state index is -3.81. The highest BCUT2D eigenvalue weighted by Crippen LogP contribution is 2.22. The van der Waals surface area contributed by atoms with Gasteiger partial charge >= 0.3 is 5.97 Å². The molecule has 0 aliphatic carbocycles. The van der Waals surface area contributed by atoms with Gasteiger partial charge in [-0.25, -0.2) is 17.9 Å². The summed E-state index contributed by atoms with van der Waals surface area (Å²) in [6, 6.07) is 3.85. The molecule has 0 radical (unpaired) electrons. The van der Waals surface area contributed by atoms with Crippen molar-refractivity contribution in [2.75, 3.05) is 20.2 Å². The van der Waals surface area contributed by atoms with Crippen LogP contribution >= 0.6 is 24.0 Å². The van der Waals surface area contributed by atoms with Crippen LogP contribution in [0.25, 0.3) is 0 Å². The normalized spacial score (nSPS) is 18.4. The zero-order valence-corrected chi connectivity index (χ0v) is 14.4. The Hall–Kier alpha value is -0.860. The van der Waals surface area contributed by atoms with Crippen LogP contribution in [-0.2, 0) is 14.8 Å². The number of hydrogen-bond donors (Lipinski definition) is 2. The van der Waals surface area contributed by atoms with E-state index in [1.165, 1.54) is 25.3 Å². The van der Waals surface area contributed by atoms with E-state index in [0.717, 1.165) is 19.4 Å². The molecule has 1 heterocycles. The number of carbonyl (C=O) groups excluding carboxylic acids is 1. The predicted molar refractivity (Wildman–Crippen MR) is 86.3 cm³/mol. The van der Waals surface area contributed by atoms with Gasteiger partial charge in [0.2, 0.25) is 10.0 Å². The monoisotopic (exact) mass is 368 g/mol. The van der Waals surface area contributed by atoms with E-state index >= 15 is 0 Å². The van der Waals surface area contributed by atoms with E-state index in [4.69, 9.17) is 11.6 Å². The van der Waals surface area contributed by atoms with Crippen molar-refractivity contribution in [3.63, 3.8) is 0 Å². The second-order valence-electron chi connectivity index (χ2n) is 4.80. The molecule has 1 aromatic rings. The van der Waals surface area contributed by atoms with Crippen LogP contribution in [0, 0.1) is 0 Å². The van der Waals surface area contributed by atoms with Crippen LogP contribution in [0.2, 0.25) is 5.02 Å². The molecule has 1 atom stereocenters. The van der Waals surface area contributed by atoms with Gasteiger partial charge in [0.25, 0.3) is 0 Å². The maximum Gasteiger partial charge on any atom is 0.339 e. The lowest BCUT2D eigenvalue weighted by Gasteiger charge is -2.24. The maximum atomic E-state index is 12.5. The van der Waals surface area contributed by atoms with Crippen LogP contribution < -0.4 is 10.0 Å². The van der Waals surface area contributed by atoms with Gasteiger partial charge in [0.05, 0.1) is 17.6 Å². The van der Waals surface area contributed by atoms with Gasteiger partial charge in [-0.15, -0.1) is 12.4 Å². The molecular formula is C13H18Cl2N2O4S. The Bertz CT molecular complexity index is 631. The third-order valence-corrected chi connectivity index (χ3v) is 5.07. The fourth-order valence-electron chi connectivity index (χ4n) is 2.24. The predicted octanol–water partition coefficient (Wildman–Crippen LogP) is 1.58. The Morgan fingerprint density at radius 3 is 2.77 bits per heavy atom. The van der Waals surface area contributed by atoms with Gasteiger partial charge in [-0.2, -0.15) is 0 Å². The Labute approximate surface area is 141 Å². The van der Waals surface area contributed by atoms with E-state index in [0.29, 0.717) is 6.54 Å². The average molecular weight is 369 g/mol. The number of piperidine rings is 1.